The Morgan fingerprint density at radius 2 is 1.67 bits per heavy atom. The van der Waals surface area contributed by atoms with Gasteiger partial charge in [-0.2, -0.15) is 0 Å². The van der Waals surface area contributed by atoms with E-state index in [1.54, 1.807) is 5.57 Å². The molecule has 0 saturated heterocycles. The van der Waals surface area contributed by atoms with Crippen molar-refractivity contribution in [3.63, 3.8) is 0 Å². The Hall–Kier alpha value is -0.720. The van der Waals surface area contributed by atoms with Gasteiger partial charge in [-0.05, 0) is 50.3 Å². The lowest BCUT2D eigenvalue weighted by atomic mass is 9.66. The van der Waals surface area contributed by atoms with Crippen LogP contribution in [0.4, 0.5) is 0 Å². The van der Waals surface area contributed by atoms with Crippen LogP contribution in [0.1, 0.15) is 82.6 Å². The molecule has 0 aromatic heterocycles. The molecule has 1 heteroatoms. The van der Waals surface area contributed by atoms with Gasteiger partial charge in [0.15, 0.2) is 0 Å². The second-order valence-corrected chi connectivity index (χ2v) is 8.14. The van der Waals surface area contributed by atoms with E-state index >= 15 is 0 Å². The quantitative estimate of drug-likeness (QED) is 0.598. The van der Waals surface area contributed by atoms with Gasteiger partial charge in [-0.25, -0.2) is 0 Å². The Morgan fingerprint density at radius 1 is 1.19 bits per heavy atom. The van der Waals surface area contributed by atoms with E-state index in [1.807, 2.05) is 13.8 Å². The molecule has 1 nitrogen and oxygen atoms in total. The number of allylic oxidation sites excluding steroid dienone is 1. The van der Waals surface area contributed by atoms with Gasteiger partial charge in [0.05, 0.1) is 0 Å². The van der Waals surface area contributed by atoms with Crippen molar-refractivity contribution in [3.8, 4) is 0 Å². The second-order valence-electron chi connectivity index (χ2n) is 8.14. The van der Waals surface area contributed by atoms with Crippen LogP contribution in [0.2, 0.25) is 0 Å². The van der Waals surface area contributed by atoms with Gasteiger partial charge in [-0.15, -0.1) is 0 Å². The SMILES string of the molecule is CC.CC(C)=CC(C)(C)C1(C)CC(C(C)(C)C(C)C)=CN1. The fourth-order valence-corrected chi connectivity index (χ4v) is 2.81. The van der Waals surface area contributed by atoms with E-state index < -0.39 is 0 Å². The number of hydrogen-bond acceptors (Lipinski definition) is 1. The van der Waals surface area contributed by atoms with Crippen LogP contribution < -0.4 is 5.32 Å². The standard InChI is InChI=1S/C18H33N.C2H6/c1-13(2)10-16(5,6)18(9)11-15(12-19-18)17(7,8)14(3)4;1-2/h10,12,14,19H,11H2,1-9H3;1-2H3. The van der Waals surface area contributed by atoms with Crippen LogP contribution in [-0.4, -0.2) is 5.54 Å². The summed E-state index contributed by atoms with van der Waals surface area (Å²) in [7, 11) is 0. The first-order valence-electron chi connectivity index (χ1n) is 8.56. The van der Waals surface area contributed by atoms with E-state index in [4.69, 9.17) is 0 Å². The van der Waals surface area contributed by atoms with Crippen molar-refractivity contribution in [1.82, 2.24) is 5.32 Å². The van der Waals surface area contributed by atoms with Gasteiger partial charge >= 0.3 is 0 Å². The zero-order valence-electron chi connectivity index (χ0n) is 16.4. The summed E-state index contributed by atoms with van der Waals surface area (Å²) in [5.41, 5.74) is 3.49. The molecule has 1 rings (SSSR count). The molecule has 1 unspecified atom stereocenters. The summed E-state index contributed by atoms with van der Waals surface area (Å²) in [5, 5.41) is 3.68. The summed E-state index contributed by atoms with van der Waals surface area (Å²) in [6.45, 7) is 24.8. The van der Waals surface area contributed by atoms with Gasteiger partial charge in [0, 0.05) is 11.0 Å². The molecular formula is C20H39N. The maximum Gasteiger partial charge on any atom is 0.0463 e. The topological polar surface area (TPSA) is 12.0 Å². The summed E-state index contributed by atoms with van der Waals surface area (Å²) in [4.78, 5) is 0. The van der Waals surface area contributed by atoms with Crippen molar-refractivity contribution >= 4 is 0 Å². The molecular weight excluding hydrogens is 254 g/mol. The van der Waals surface area contributed by atoms with Crippen molar-refractivity contribution in [2.45, 2.75) is 88.1 Å². The highest BCUT2D eigenvalue weighted by Gasteiger charge is 2.45. The first-order chi connectivity index (χ1) is 9.42. The van der Waals surface area contributed by atoms with Crippen molar-refractivity contribution in [2.24, 2.45) is 16.7 Å². The molecule has 0 radical (unpaired) electrons. The van der Waals surface area contributed by atoms with Crippen molar-refractivity contribution < 1.29 is 0 Å². The molecule has 1 heterocycles. The van der Waals surface area contributed by atoms with E-state index in [0.29, 0.717) is 5.92 Å². The lowest BCUT2D eigenvalue weighted by Gasteiger charge is -2.42. The van der Waals surface area contributed by atoms with E-state index in [-0.39, 0.29) is 16.4 Å². The largest absolute Gasteiger partial charge is 0.385 e. The van der Waals surface area contributed by atoms with Gasteiger partial charge in [-0.1, -0.05) is 67.0 Å². The van der Waals surface area contributed by atoms with E-state index in [2.05, 4.69) is 79.9 Å². The molecule has 1 N–H and O–H groups in total. The molecule has 1 aliphatic rings. The zero-order valence-corrected chi connectivity index (χ0v) is 16.4. The molecule has 124 valence electrons. The van der Waals surface area contributed by atoms with Crippen LogP contribution in [0, 0.1) is 16.7 Å². The van der Waals surface area contributed by atoms with Crippen LogP contribution in [0.25, 0.3) is 0 Å². The third-order valence-corrected chi connectivity index (χ3v) is 5.45. The van der Waals surface area contributed by atoms with Crippen LogP contribution >= 0.6 is 0 Å². The fourth-order valence-electron chi connectivity index (χ4n) is 2.81. The van der Waals surface area contributed by atoms with Crippen LogP contribution in [-0.2, 0) is 0 Å². The number of hydrogen-bond donors (Lipinski definition) is 1. The summed E-state index contributed by atoms with van der Waals surface area (Å²) in [5.74, 6) is 0.662. The van der Waals surface area contributed by atoms with Gasteiger partial charge < -0.3 is 5.32 Å². The lowest BCUT2D eigenvalue weighted by Crippen LogP contribution is -2.48. The molecule has 1 aliphatic heterocycles. The van der Waals surface area contributed by atoms with E-state index in [1.165, 1.54) is 5.57 Å². The summed E-state index contributed by atoms with van der Waals surface area (Å²) in [6.07, 6.45) is 5.81. The average molecular weight is 294 g/mol. The van der Waals surface area contributed by atoms with Crippen LogP contribution in [0.3, 0.4) is 0 Å². The Balaban J connectivity index is 0.00000191. The summed E-state index contributed by atoms with van der Waals surface area (Å²) >= 11 is 0. The Bertz CT molecular complexity index is 392. The second kappa shape index (κ2) is 7.03. The van der Waals surface area contributed by atoms with Crippen molar-refractivity contribution in [3.05, 3.63) is 23.4 Å². The molecule has 0 aliphatic carbocycles. The molecule has 0 saturated carbocycles. The predicted octanol–water partition coefficient (Wildman–Crippen LogP) is 6.32. The maximum atomic E-state index is 3.68. The van der Waals surface area contributed by atoms with Gasteiger partial charge in [0.1, 0.15) is 0 Å². The lowest BCUT2D eigenvalue weighted by molar-refractivity contribution is 0.207. The molecule has 0 amide bonds. The van der Waals surface area contributed by atoms with E-state index in [9.17, 15) is 0 Å². The predicted molar refractivity (Wildman–Crippen MR) is 97.4 cm³/mol. The third kappa shape index (κ3) is 4.37. The van der Waals surface area contributed by atoms with Gasteiger partial charge in [-0.3, -0.25) is 0 Å². The Kier molecular flexibility index (Phi) is 6.79. The highest BCUT2D eigenvalue weighted by molar-refractivity contribution is 5.27. The Morgan fingerprint density at radius 3 is 2.05 bits per heavy atom. The van der Waals surface area contributed by atoms with Crippen LogP contribution in [0.5, 0.6) is 0 Å². The first-order valence-corrected chi connectivity index (χ1v) is 8.56. The minimum atomic E-state index is 0.117. The molecule has 0 bridgehead atoms. The third-order valence-electron chi connectivity index (χ3n) is 5.45. The number of rotatable bonds is 4. The highest BCUT2D eigenvalue weighted by atomic mass is 15.0. The maximum absolute atomic E-state index is 3.68. The smallest absolute Gasteiger partial charge is 0.0463 e. The Labute approximate surface area is 134 Å². The average Bonchev–Trinajstić information content (AvgIpc) is 2.75. The van der Waals surface area contributed by atoms with Crippen LogP contribution in [0.15, 0.2) is 23.4 Å². The molecule has 0 aromatic rings. The van der Waals surface area contributed by atoms with E-state index in [0.717, 1.165) is 6.42 Å². The van der Waals surface area contributed by atoms with Crippen molar-refractivity contribution in [2.75, 3.05) is 0 Å². The van der Waals surface area contributed by atoms with Gasteiger partial charge in [0.25, 0.3) is 0 Å². The summed E-state index contributed by atoms with van der Waals surface area (Å²) in [6, 6.07) is 0. The van der Waals surface area contributed by atoms with Gasteiger partial charge in [0.2, 0.25) is 0 Å². The molecule has 1 atom stereocenters. The summed E-state index contributed by atoms with van der Waals surface area (Å²) < 4.78 is 0. The zero-order chi connectivity index (χ0) is 17.1. The minimum Gasteiger partial charge on any atom is -0.385 e. The normalized spacial score (nSPS) is 22.2. The highest BCUT2D eigenvalue weighted by Crippen LogP contribution is 2.47. The fraction of sp³-hybridized carbons (Fsp3) is 0.800. The molecule has 0 aromatic carbocycles. The molecule has 0 fully saturated rings. The number of nitrogens with one attached hydrogen (secondary N) is 1. The molecule has 21 heavy (non-hydrogen) atoms. The molecule has 0 spiro atoms. The monoisotopic (exact) mass is 293 g/mol. The minimum absolute atomic E-state index is 0.117. The first kappa shape index (κ1) is 20.3. The van der Waals surface area contributed by atoms with Crippen molar-refractivity contribution in [1.29, 1.82) is 0 Å².